The molecule has 3 aromatic rings. The van der Waals surface area contributed by atoms with E-state index in [0.29, 0.717) is 11.3 Å². The number of fused-ring (bicyclic) bond motifs is 1. The average molecular weight is 377 g/mol. The number of benzene rings is 1. The van der Waals surface area contributed by atoms with E-state index in [4.69, 9.17) is 0 Å². The Bertz CT molecular complexity index is 1130. The molecule has 0 saturated heterocycles. The summed E-state index contributed by atoms with van der Waals surface area (Å²) >= 11 is 0. The summed E-state index contributed by atoms with van der Waals surface area (Å²) in [7, 11) is -3.89. The van der Waals surface area contributed by atoms with Crippen LogP contribution in [0.1, 0.15) is 21.6 Å². The third kappa shape index (κ3) is 3.13. The Hall–Kier alpha value is -3.32. The second kappa shape index (κ2) is 6.77. The summed E-state index contributed by atoms with van der Waals surface area (Å²) in [6.07, 6.45) is 6.29. The van der Waals surface area contributed by atoms with E-state index in [0.717, 1.165) is 4.31 Å². The third-order valence-electron chi connectivity index (χ3n) is 4.22. The van der Waals surface area contributed by atoms with E-state index in [1.54, 1.807) is 61.1 Å². The van der Waals surface area contributed by atoms with Crippen molar-refractivity contribution in [1.82, 2.24) is 14.3 Å². The predicted molar refractivity (Wildman–Crippen MR) is 100.0 cm³/mol. The summed E-state index contributed by atoms with van der Waals surface area (Å²) in [6, 6.07) is 15.0. The first kappa shape index (κ1) is 17.1. The van der Waals surface area contributed by atoms with Gasteiger partial charge in [-0.3, -0.25) is 19.1 Å². The van der Waals surface area contributed by atoms with E-state index >= 15 is 0 Å². The standard InChI is InChI=1S/C20H15N3O3S/c24-20-17-8-1-2-9-19(17)27(25,26)23(14-15-6-5-10-21-13-15)18(20)12-16-7-3-4-11-22-16/h1-13H,14H2. The number of allylic oxidation sites excluding steroid dienone is 1. The number of carbonyl (C=O) groups excluding carboxylic acids is 1. The number of ketones is 1. The van der Waals surface area contributed by atoms with Gasteiger partial charge in [0.15, 0.2) is 0 Å². The number of carbonyl (C=O) groups is 1. The van der Waals surface area contributed by atoms with Crippen LogP contribution in [-0.2, 0) is 16.6 Å². The molecule has 7 heteroatoms. The highest BCUT2D eigenvalue weighted by Gasteiger charge is 2.39. The van der Waals surface area contributed by atoms with Crippen molar-refractivity contribution in [3.8, 4) is 0 Å². The summed E-state index contributed by atoms with van der Waals surface area (Å²) in [5.41, 5.74) is 1.42. The fraction of sp³-hybridized carbons (Fsp3) is 0.0500. The summed E-state index contributed by atoms with van der Waals surface area (Å²) in [5.74, 6) is -0.352. The summed E-state index contributed by atoms with van der Waals surface area (Å²) < 4.78 is 27.6. The highest BCUT2D eigenvalue weighted by Crippen LogP contribution is 2.34. The Morgan fingerprint density at radius 1 is 0.963 bits per heavy atom. The predicted octanol–water partition coefficient (Wildman–Crippen LogP) is 2.90. The zero-order chi connectivity index (χ0) is 18.9. The molecule has 1 aromatic carbocycles. The maximum atomic E-state index is 13.2. The van der Waals surface area contributed by atoms with Crippen molar-refractivity contribution in [2.24, 2.45) is 0 Å². The zero-order valence-electron chi connectivity index (χ0n) is 14.2. The Labute approximate surface area is 156 Å². The van der Waals surface area contributed by atoms with E-state index in [2.05, 4.69) is 9.97 Å². The lowest BCUT2D eigenvalue weighted by Gasteiger charge is -2.31. The largest absolute Gasteiger partial charge is 0.287 e. The molecule has 0 atom stereocenters. The third-order valence-corrected chi connectivity index (χ3v) is 6.04. The van der Waals surface area contributed by atoms with Crippen molar-refractivity contribution >= 4 is 21.9 Å². The van der Waals surface area contributed by atoms with E-state index in [9.17, 15) is 13.2 Å². The molecule has 134 valence electrons. The maximum Gasteiger partial charge on any atom is 0.265 e. The first-order valence-corrected chi connectivity index (χ1v) is 9.69. The van der Waals surface area contributed by atoms with Crippen molar-refractivity contribution in [2.45, 2.75) is 11.4 Å². The molecule has 0 aliphatic carbocycles. The van der Waals surface area contributed by atoms with Gasteiger partial charge in [0.1, 0.15) is 5.70 Å². The second-order valence-corrected chi connectivity index (χ2v) is 7.81. The number of hydrogen-bond donors (Lipinski definition) is 0. The van der Waals surface area contributed by atoms with Crippen LogP contribution in [0.15, 0.2) is 83.8 Å². The second-order valence-electron chi connectivity index (χ2n) is 5.98. The molecule has 6 nitrogen and oxygen atoms in total. The monoisotopic (exact) mass is 377 g/mol. The van der Waals surface area contributed by atoms with Crippen molar-refractivity contribution in [3.05, 3.63) is 95.7 Å². The number of aromatic nitrogens is 2. The van der Waals surface area contributed by atoms with Crippen molar-refractivity contribution in [1.29, 1.82) is 0 Å². The number of pyridine rings is 2. The normalized spacial score (nSPS) is 17.0. The molecule has 0 N–H and O–H groups in total. The van der Waals surface area contributed by atoms with Crippen LogP contribution >= 0.6 is 0 Å². The molecule has 1 aliphatic rings. The highest BCUT2D eigenvalue weighted by atomic mass is 32.2. The van der Waals surface area contributed by atoms with Crippen molar-refractivity contribution < 1.29 is 13.2 Å². The number of sulfonamides is 1. The minimum absolute atomic E-state index is 0.00884. The minimum Gasteiger partial charge on any atom is -0.287 e. The van der Waals surface area contributed by atoms with Crippen LogP contribution in [0.5, 0.6) is 0 Å². The fourth-order valence-electron chi connectivity index (χ4n) is 2.95. The van der Waals surface area contributed by atoms with Crippen LogP contribution in [0.25, 0.3) is 6.08 Å². The van der Waals surface area contributed by atoms with Gasteiger partial charge in [-0.1, -0.05) is 24.3 Å². The molecular weight excluding hydrogens is 362 g/mol. The summed E-state index contributed by atoms with van der Waals surface area (Å²) in [5, 5.41) is 0. The SMILES string of the molecule is O=C1C(=Cc2ccccn2)N(Cc2cccnc2)S(=O)(=O)c2ccccc21. The van der Waals surface area contributed by atoms with Gasteiger partial charge in [-0.05, 0) is 42.0 Å². The van der Waals surface area contributed by atoms with Crippen LogP contribution in [0.4, 0.5) is 0 Å². The van der Waals surface area contributed by atoms with Gasteiger partial charge in [0.05, 0.1) is 17.1 Å². The van der Waals surface area contributed by atoms with Crippen LogP contribution in [0.2, 0.25) is 0 Å². The van der Waals surface area contributed by atoms with Crippen molar-refractivity contribution in [2.75, 3.05) is 0 Å². The van der Waals surface area contributed by atoms with Gasteiger partial charge in [0.25, 0.3) is 10.0 Å². The first-order valence-electron chi connectivity index (χ1n) is 8.25. The molecule has 0 saturated carbocycles. The quantitative estimate of drug-likeness (QED) is 0.656. The van der Waals surface area contributed by atoms with Gasteiger partial charge in [-0.2, -0.15) is 0 Å². The highest BCUT2D eigenvalue weighted by molar-refractivity contribution is 7.89. The molecule has 0 bridgehead atoms. The van der Waals surface area contributed by atoms with E-state index in [1.807, 2.05) is 0 Å². The van der Waals surface area contributed by atoms with Gasteiger partial charge in [-0.15, -0.1) is 0 Å². The molecule has 0 fully saturated rings. The molecule has 2 aromatic heterocycles. The molecular formula is C20H15N3O3S. The molecule has 27 heavy (non-hydrogen) atoms. The molecule has 0 spiro atoms. The lowest BCUT2D eigenvalue weighted by Crippen LogP contribution is -2.38. The van der Waals surface area contributed by atoms with Gasteiger partial charge < -0.3 is 0 Å². The van der Waals surface area contributed by atoms with Crippen LogP contribution in [0.3, 0.4) is 0 Å². The first-order chi connectivity index (χ1) is 13.1. The molecule has 4 rings (SSSR count). The van der Waals surface area contributed by atoms with Crippen molar-refractivity contribution in [3.63, 3.8) is 0 Å². The van der Waals surface area contributed by atoms with E-state index in [-0.39, 0.29) is 28.5 Å². The molecule has 0 unspecified atom stereocenters. The number of hydrogen-bond acceptors (Lipinski definition) is 5. The average Bonchev–Trinajstić information content (AvgIpc) is 2.71. The Morgan fingerprint density at radius 3 is 2.52 bits per heavy atom. The topological polar surface area (TPSA) is 80.2 Å². The Morgan fingerprint density at radius 2 is 1.78 bits per heavy atom. The number of nitrogens with zero attached hydrogens (tertiary/aromatic N) is 3. The van der Waals surface area contributed by atoms with Gasteiger partial charge >= 0.3 is 0 Å². The van der Waals surface area contributed by atoms with Crippen LogP contribution in [0, 0.1) is 0 Å². The van der Waals surface area contributed by atoms with Crippen LogP contribution in [-0.4, -0.2) is 28.5 Å². The van der Waals surface area contributed by atoms with E-state index < -0.39 is 10.0 Å². The van der Waals surface area contributed by atoms with Crippen LogP contribution < -0.4 is 0 Å². The van der Waals surface area contributed by atoms with Gasteiger partial charge in [0.2, 0.25) is 5.78 Å². The lowest BCUT2D eigenvalue weighted by molar-refractivity contribution is 0.100. The maximum absolute atomic E-state index is 13.2. The number of rotatable bonds is 3. The Kier molecular flexibility index (Phi) is 4.29. The van der Waals surface area contributed by atoms with Gasteiger partial charge in [0, 0.05) is 24.2 Å². The summed E-state index contributed by atoms with van der Waals surface area (Å²) in [4.78, 5) is 21.3. The molecule has 1 aliphatic heterocycles. The smallest absolute Gasteiger partial charge is 0.265 e. The van der Waals surface area contributed by atoms with E-state index in [1.165, 1.54) is 18.2 Å². The molecule has 0 radical (unpaired) electrons. The molecule has 3 heterocycles. The van der Waals surface area contributed by atoms with Gasteiger partial charge in [-0.25, -0.2) is 8.42 Å². The minimum atomic E-state index is -3.89. The fourth-order valence-corrected chi connectivity index (χ4v) is 4.59. The lowest BCUT2D eigenvalue weighted by atomic mass is 10.1. The summed E-state index contributed by atoms with van der Waals surface area (Å²) in [6.45, 7) is 0.00884. The number of Topliss-reactive ketones (excluding diaryl/α,β-unsaturated/α-hetero) is 1. The zero-order valence-corrected chi connectivity index (χ0v) is 15.0. The Balaban J connectivity index is 1.91. The molecule has 0 amide bonds.